The summed E-state index contributed by atoms with van der Waals surface area (Å²) < 4.78 is 0. The van der Waals surface area contributed by atoms with E-state index in [0.717, 1.165) is 25.0 Å². The monoisotopic (exact) mass is 398 g/mol. The Bertz CT molecular complexity index is 889. The summed E-state index contributed by atoms with van der Waals surface area (Å²) in [5.74, 6) is 2.24. The molecular formula is C23H30N2O2S. The van der Waals surface area contributed by atoms with Crippen LogP contribution in [0.2, 0.25) is 0 Å². The Balaban J connectivity index is 1.55. The number of anilines is 1. The van der Waals surface area contributed by atoms with E-state index in [0.29, 0.717) is 28.8 Å². The summed E-state index contributed by atoms with van der Waals surface area (Å²) in [4.78, 5) is 16.6. The Hall–Kier alpha value is -1.46. The van der Waals surface area contributed by atoms with E-state index in [1.165, 1.54) is 23.3 Å². The third-order valence-corrected chi connectivity index (χ3v) is 9.39. The van der Waals surface area contributed by atoms with Crippen LogP contribution < -0.4 is 5.73 Å². The highest BCUT2D eigenvalue weighted by Gasteiger charge is 2.63. The van der Waals surface area contributed by atoms with Crippen LogP contribution in [0.4, 0.5) is 5.13 Å². The standard InChI is InChI=1S/C23H30N2O2S/c1-12-8-16-15-5-4-13-9-14(26)6-7-22(13,2)20(15)18(27)10-23(16,3)19(12)17-11-28-21(24)25-17/h6-7,9,11-12,15-16,18-20,27H,4-5,8,10H2,1-3H3,(H2,24,25)/t12-,15?,16?,18?,19?,20?,22?,23?/m1/s1. The van der Waals surface area contributed by atoms with Crippen molar-refractivity contribution >= 4 is 22.3 Å². The zero-order chi connectivity index (χ0) is 19.8. The fourth-order valence-corrected chi connectivity index (χ4v) is 8.37. The van der Waals surface area contributed by atoms with E-state index < -0.39 is 0 Å². The molecule has 1 heterocycles. The van der Waals surface area contributed by atoms with Crippen LogP contribution in [0.3, 0.4) is 0 Å². The van der Waals surface area contributed by atoms with Crippen LogP contribution in [0.25, 0.3) is 0 Å². The van der Waals surface area contributed by atoms with Gasteiger partial charge in [-0.25, -0.2) is 4.98 Å². The summed E-state index contributed by atoms with van der Waals surface area (Å²) in [6, 6.07) is 0. The van der Waals surface area contributed by atoms with Gasteiger partial charge in [-0.1, -0.05) is 32.4 Å². The van der Waals surface area contributed by atoms with Gasteiger partial charge in [0.1, 0.15) is 0 Å². The SMILES string of the molecule is C[C@@H]1CC2C3CCC4=CC(=O)C=CC4(C)C3C(O)CC2(C)C1c1csc(N)n1. The molecule has 1 aromatic heterocycles. The van der Waals surface area contributed by atoms with E-state index in [4.69, 9.17) is 5.73 Å². The number of nitrogen functional groups attached to an aromatic ring is 1. The second-order valence-corrected chi connectivity index (χ2v) is 11.0. The van der Waals surface area contributed by atoms with Crippen molar-refractivity contribution in [3.05, 3.63) is 34.9 Å². The number of allylic oxidation sites excluding steroid dienone is 4. The lowest BCUT2D eigenvalue weighted by molar-refractivity contribution is -0.115. The second kappa shape index (κ2) is 6.02. The van der Waals surface area contributed by atoms with Crippen molar-refractivity contribution in [1.82, 2.24) is 4.98 Å². The van der Waals surface area contributed by atoms with Gasteiger partial charge in [0, 0.05) is 22.6 Å². The van der Waals surface area contributed by atoms with E-state index in [9.17, 15) is 9.90 Å². The van der Waals surface area contributed by atoms with Gasteiger partial charge < -0.3 is 10.8 Å². The van der Waals surface area contributed by atoms with Gasteiger partial charge in [-0.2, -0.15) is 0 Å². The zero-order valence-electron chi connectivity index (χ0n) is 16.9. The number of hydrogen-bond acceptors (Lipinski definition) is 5. The predicted octanol–water partition coefficient (Wildman–Crippen LogP) is 4.33. The number of ketones is 1. The second-order valence-electron chi connectivity index (χ2n) is 10.1. The molecule has 4 aliphatic rings. The quantitative estimate of drug-likeness (QED) is 0.738. The Morgan fingerprint density at radius 1 is 1.36 bits per heavy atom. The molecule has 0 radical (unpaired) electrons. The summed E-state index contributed by atoms with van der Waals surface area (Å²) in [5, 5.41) is 14.2. The van der Waals surface area contributed by atoms with Crippen molar-refractivity contribution in [1.29, 1.82) is 0 Å². The summed E-state index contributed by atoms with van der Waals surface area (Å²) in [6.45, 7) is 6.97. The smallest absolute Gasteiger partial charge is 0.180 e. The lowest BCUT2D eigenvalue weighted by atomic mass is 9.47. The number of fused-ring (bicyclic) bond motifs is 5. The van der Waals surface area contributed by atoms with Crippen molar-refractivity contribution in [3.8, 4) is 0 Å². The third-order valence-electron chi connectivity index (χ3n) is 8.69. The third kappa shape index (κ3) is 2.38. The number of aliphatic hydroxyl groups excluding tert-OH is 1. The van der Waals surface area contributed by atoms with E-state index in [2.05, 4.69) is 37.2 Å². The van der Waals surface area contributed by atoms with Crippen molar-refractivity contribution in [2.45, 2.75) is 58.5 Å². The molecule has 5 heteroatoms. The number of carbonyl (C=O) groups is 1. The molecular weight excluding hydrogens is 368 g/mol. The first-order chi connectivity index (χ1) is 13.2. The van der Waals surface area contributed by atoms with Crippen LogP contribution in [0, 0.1) is 34.5 Å². The van der Waals surface area contributed by atoms with Gasteiger partial charge in [0.2, 0.25) is 0 Å². The van der Waals surface area contributed by atoms with Crippen molar-refractivity contribution in [3.63, 3.8) is 0 Å². The molecule has 4 aliphatic carbocycles. The van der Waals surface area contributed by atoms with Gasteiger partial charge in [0.05, 0.1) is 11.8 Å². The van der Waals surface area contributed by atoms with Gasteiger partial charge >= 0.3 is 0 Å². The van der Waals surface area contributed by atoms with Crippen LogP contribution in [0.15, 0.2) is 29.2 Å². The van der Waals surface area contributed by atoms with E-state index in [-0.39, 0.29) is 28.6 Å². The molecule has 0 spiro atoms. The van der Waals surface area contributed by atoms with Crippen molar-refractivity contribution in [2.24, 2.45) is 34.5 Å². The first kappa shape index (κ1) is 18.6. The van der Waals surface area contributed by atoms with Crippen molar-refractivity contribution < 1.29 is 9.90 Å². The number of aromatic nitrogens is 1. The van der Waals surface area contributed by atoms with Crippen LogP contribution in [-0.4, -0.2) is 22.0 Å². The molecule has 5 rings (SSSR count). The maximum Gasteiger partial charge on any atom is 0.180 e. The van der Waals surface area contributed by atoms with Crippen molar-refractivity contribution in [2.75, 3.05) is 5.73 Å². The minimum absolute atomic E-state index is 0.0479. The molecule has 0 aromatic carbocycles. The largest absolute Gasteiger partial charge is 0.393 e. The fourth-order valence-electron chi connectivity index (χ4n) is 7.77. The summed E-state index contributed by atoms with van der Waals surface area (Å²) in [5.41, 5.74) is 8.15. The summed E-state index contributed by atoms with van der Waals surface area (Å²) >= 11 is 1.53. The first-order valence-electron chi connectivity index (χ1n) is 10.6. The summed E-state index contributed by atoms with van der Waals surface area (Å²) in [6.07, 6.45) is 9.30. The fraction of sp³-hybridized carbons (Fsp3) is 0.652. The topological polar surface area (TPSA) is 76.2 Å². The average molecular weight is 399 g/mol. The Morgan fingerprint density at radius 3 is 2.86 bits per heavy atom. The Morgan fingerprint density at radius 2 is 2.14 bits per heavy atom. The minimum Gasteiger partial charge on any atom is -0.393 e. The highest BCUT2D eigenvalue weighted by molar-refractivity contribution is 7.13. The van der Waals surface area contributed by atoms with Gasteiger partial charge in [0.25, 0.3) is 0 Å². The highest BCUT2D eigenvalue weighted by Crippen LogP contribution is 2.69. The normalized spacial score (nSPS) is 47.3. The zero-order valence-corrected chi connectivity index (χ0v) is 17.7. The lowest BCUT2D eigenvalue weighted by Crippen LogP contribution is -2.55. The maximum atomic E-state index is 11.9. The van der Waals surface area contributed by atoms with Crippen LogP contribution in [0.1, 0.15) is 58.1 Å². The number of thiazole rings is 1. The molecule has 3 fully saturated rings. The van der Waals surface area contributed by atoms with Gasteiger partial charge in [-0.15, -0.1) is 11.3 Å². The number of carbonyl (C=O) groups excluding carboxylic acids is 1. The number of nitrogens with two attached hydrogens (primary N) is 1. The molecule has 3 saturated carbocycles. The molecule has 150 valence electrons. The maximum absolute atomic E-state index is 11.9. The molecule has 1 aromatic rings. The summed E-state index contributed by atoms with van der Waals surface area (Å²) in [7, 11) is 0. The number of hydrogen-bond donors (Lipinski definition) is 2. The Labute approximate surface area is 170 Å². The number of aliphatic hydroxyl groups is 1. The van der Waals surface area contributed by atoms with Crippen LogP contribution in [-0.2, 0) is 4.79 Å². The predicted molar refractivity (Wildman–Crippen MR) is 112 cm³/mol. The molecule has 0 bridgehead atoms. The highest BCUT2D eigenvalue weighted by atomic mass is 32.1. The molecule has 0 amide bonds. The molecule has 4 nitrogen and oxygen atoms in total. The van der Waals surface area contributed by atoms with Crippen LogP contribution >= 0.6 is 11.3 Å². The van der Waals surface area contributed by atoms with Gasteiger partial charge in [0.15, 0.2) is 10.9 Å². The molecule has 0 saturated heterocycles. The van der Waals surface area contributed by atoms with Gasteiger partial charge in [-0.3, -0.25) is 4.79 Å². The van der Waals surface area contributed by atoms with E-state index in [1.807, 2.05) is 6.08 Å². The lowest BCUT2D eigenvalue weighted by Gasteiger charge is -2.58. The first-order valence-corrected chi connectivity index (χ1v) is 11.4. The molecule has 28 heavy (non-hydrogen) atoms. The van der Waals surface area contributed by atoms with E-state index >= 15 is 0 Å². The number of nitrogens with zero attached hydrogens (tertiary/aromatic N) is 1. The van der Waals surface area contributed by atoms with Crippen LogP contribution in [0.5, 0.6) is 0 Å². The number of rotatable bonds is 1. The molecule has 3 N–H and O–H groups in total. The molecule has 0 aliphatic heterocycles. The molecule has 7 unspecified atom stereocenters. The minimum atomic E-state index is -0.360. The average Bonchev–Trinajstić information content (AvgIpc) is 3.14. The molecule has 8 atom stereocenters. The van der Waals surface area contributed by atoms with Gasteiger partial charge in [-0.05, 0) is 61.0 Å². The Kier molecular flexibility index (Phi) is 3.99. The van der Waals surface area contributed by atoms with E-state index in [1.54, 1.807) is 6.08 Å².